The maximum Gasteiger partial charge on any atom is 0.236 e. The molecule has 1 amide bonds. The number of hydrogen-bond acceptors (Lipinski definition) is 2. The highest BCUT2D eigenvalue weighted by atomic mass is 79.9. The van der Waals surface area contributed by atoms with E-state index in [2.05, 4.69) is 15.9 Å². The lowest BCUT2D eigenvalue weighted by molar-refractivity contribution is -0.116. The maximum atomic E-state index is 11.1. The Morgan fingerprint density at radius 3 is 2.32 bits per heavy atom. The first kappa shape index (κ1) is 13.6. The van der Waals surface area contributed by atoms with Crippen LogP contribution in [0.15, 0.2) is 53.0 Å². The largest absolute Gasteiger partial charge is 0.368 e. The fourth-order valence-corrected chi connectivity index (χ4v) is 2.53. The van der Waals surface area contributed by atoms with Gasteiger partial charge in [-0.25, -0.2) is 0 Å². The zero-order chi connectivity index (χ0) is 13.8. The number of rotatable bonds is 4. The van der Waals surface area contributed by atoms with E-state index < -0.39 is 0 Å². The first-order valence-electron chi connectivity index (χ1n) is 5.93. The summed E-state index contributed by atoms with van der Waals surface area (Å²) in [5.41, 5.74) is 8.40. The van der Waals surface area contributed by atoms with Gasteiger partial charge < -0.3 is 10.6 Å². The van der Waals surface area contributed by atoms with Crippen molar-refractivity contribution in [2.24, 2.45) is 5.73 Å². The summed E-state index contributed by atoms with van der Waals surface area (Å²) < 4.78 is 1.02. The molecule has 0 aliphatic heterocycles. The highest BCUT2D eigenvalue weighted by Crippen LogP contribution is 2.34. The molecule has 2 N–H and O–H groups in total. The average Bonchev–Trinajstić information content (AvgIpc) is 2.38. The summed E-state index contributed by atoms with van der Waals surface area (Å²) in [6.45, 7) is 0.196. The Balaban J connectivity index is 2.47. The molecular weight excluding hydrogens is 304 g/mol. The Hall–Kier alpha value is -1.81. The molecule has 0 aliphatic carbocycles. The second kappa shape index (κ2) is 5.89. The molecule has 3 nitrogen and oxygen atoms in total. The van der Waals surface area contributed by atoms with Gasteiger partial charge in [0.15, 0.2) is 0 Å². The van der Waals surface area contributed by atoms with E-state index in [0.29, 0.717) is 0 Å². The number of nitrogens with two attached hydrogens (primary N) is 1. The van der Waals surface area contributed by atoms with E-state index in [0.717, 1.165) is 21.3 Å². The van der Waals surface area contributed by atoms with Gasteiger partial charge in [0.2, 0.25) is 5.91 Å². The van der Waals surface area contributed by atoms with Gasteiger partial charge in [-0.1, -0.05) is 52.3 Å². The number of amides is 1. The molecule has 0 atom stereocenters. The van der Waals surface area contributed by atoms with Crippen LogP contribution >= 0.6 is 15.9 Å². The second-order valence-electron chi connectivity index (χ2n) is 4.32. The van der Waals surface area contributed by atoms with E-state index in [1.54, 1.807) is 0 Å². The van der Waals surface area contributed by atoms with Crippen molar-refractivity contribution in [3.05, 3.63) is 53.0 Å². The van der Waals surface area contributed by atoms with Gasteiger partial charge in [-0.05, 0) is 17.7 Å². The molecule has 0 aromatic heterocycles. The van der Waals surface area contributed by atoms with Gasteiger partial charge in [-0.2, -0.15) is 0 Å². The Morgan fingerprint density at radius 1 is 1.11 bits per heavy atom. The summed E-state index contributed by atoms with van der Waals surface area (Å²) >= 11 is 3.56. The van der Waals surface area contributed by atoms with Crippen LogP contribution in [0.1, 0.15) is 0 Å². The molecule has 0 saturated carbocycles. The van der Waals surface area contributed by atoms with Gasteiger partial charge >= 0.3 is 0 Å². The van der Waals surface area contributed by atoms with Crippen molar-refractivity contribution in [1.82, 2.24) is 0 Å². The highest BCUT2D eigenvalue weighted by molar-refractivity contribution is 9.10. The minimum absolute atomic E-state index is 0.196. The first-order chi connectivity index (χ1) is 9.09. The highest BCUT2D eigenvalue weighted by Gasteiger charge is 2.12. The molecule has 19 heavy (non-hydrogen) atoms. The third-order valence-corrected chi connectivity index (χ3v) is 3.56. The molecule has 0 fully saturated rings. The Labute approximate surface area is 121 Å². The molecule has 0 radical (unpaired) electrons. The molecule has 2 aromatic rings. The number of primary amides is 1. The van der Waals surface area contributed by atoms with E-state index in [9.17, 15) is 4.79 Å². The summed E-state index contributed by atoms with van der Waals surface area (Å²) in [6.07, 6.45) is 0. The molecular formula is C15H15BrN2O. The van der Waals surface area contributed by atoms with Crippen molar-refractivity contribution in [3.8, 4) is 11.1 Å². The number of nitrogens with zero attached hydrogens (tertiary/aromatic N) is 1. The SMILES string of the molecule is CN(CC(N)=O)c1ccccc1-c1ccccc1Br. The van der Waals surface area contributed by atoms with E-state index in [1.807, 2.05) is 60.5 Å². The van der Waals surface area contributed by atoms with Crippen LogP contribution in [0.5, 0.6) is 0 Å². The molecule has 0 bridgehead atoms. The lowest BCUT2D eigenvalue weighted by Crippen LogP contribution is -2.30. The smallest absolute Gasteiger partial charge is 0.236 e. The van der Waals surface area contributed by atoms with Crippen molar-refractivity contribution < 1.29 is 4.79 Å². The Morgan fingerprint density at radius 2 is 1.68 bits per heavy atom. The summed E-state index contributed by atoms with van der Waals surface area (Å²) in [5, 5.41) is 0. The Kier molecular flexibility index (Phi) is 4.22. The molecule has 0 spiro atoms. The maximum absolute atomic E-state index is 11.1. The third kappa shape index (κ3) is 3.15. The summed E-state index contributed by atoms with van der Waals surface area (Å²) in [5.74, 6) is -0.343. The normalized spacial score (nSPS) is 10.2. The summed E-state index contributed by atoms with van der Waals surface area (Å²) in [6, 6.07) is 16.0. The fraction of sp³-hybridized carbons (Fsp3) is 0.133. The summed E-state index contributed by atoms with van der Waals surface area (Å²) in [7, 11) is 1.86. The molecule has 0 saturated heterocycles. The van der Waals surface area contributed by atoms with Crippen LogP contribution in [0, 0.1) is 0 Å². The second-order valence-corrected chi connectivity index (χ2v) is 5.17. The first-order valence-corrected chi connectivity index (χ1v) is 6.72. The molecule has 2 rings (SSSR count). The Bertz CT molecular complexity index is 598. The summed E-state index contributed by atoms with van der Waals surface area (Å²) in [4.78, 5) is 12.9. The van der Waals surface area contributed by atoms with Gasteiger partial charge in [-0.3, -0.25) is 4.79 Å². The number of hydrogen-bond donors (Lipinski definition) is 1. The number of likely N-dealkylation sites (N-methyl/N-ethyl adjacent to an activating group) is 1. The lowest BCUT2D eigenvalue weighted by atomic mass is 10.0. The number of para-hydroxylation sites is 1. The van der Waals surface area contributed by atoms with Crippen LogP contribution in [0.25, 0.3) is 11.1 Å². The molecule has 0 unspecified atom stereocenters. The quantitative estimate of drug-likeness (QED) is 0.941. The zero-order valence-electron chi connectivity index (χ0n) is 10.6. The van der Waals surface area contributed by atoms with Gasteiger partial charge in [0, 0.05) is 22.8 Å². The van der Waals surface area contributed by atoms with Crippen molar-refractivity contribution in [3.63, 3.8) is 0 Å². The van der Waals surface area contributed by atoms with Gasteiger partial charge in [-0.15, -0.1) is 0 Å². The van der Waals surface area contributed by atoms with Crippen molar-refractivity contribution >= 4 is 27.5 Å². The molecule has 0 heterocycles. The van der Waals surface area contributed by atoms with Crippen LogP contribution < -0.4 is 10.6 Å². The minimum atomic E-state index is -0.343. The van der Waals surface area contributed by atoms with Crippen LogP contribution in [-0.4, -0.2) is 19.5 Å². The predicted molar refractivity (Wildman–Crippen MR) is 82.0 cm³/mol. The predicted octanol–water partition coefficient (Wildman–Crippen LogP) is 3.04. The average molecular weight is 319 g/mol. The molecule has 2 aromatic carbocycles. The van der Waals surface area contributed by atoms with Crippen molar-refractivity contribution in [1.29, 1.82) is 0 Å². The minimum Gasteiger partial charge on any atom is -0.368 e. The fourth-order valence-electron chi connectivity index (χ4n) is 2.03. The molecule has 0 aliphatic rings. The van der Waals surface area contributed by atoms with Crippen molar-refractivity contribution in [2.45, 2.75) is 0 Å². The van der Waals surface area contributed by atoms with Gasteiger partial charge in [0.25, 0.3) is 0 Å². The van der Waals surface area contributed by atoms with Crippen molar-refractivity contribution in [2.75, 3.05) is 18.5 Å². The molecule has 4 heteroatoms. The van der Waals surface area contributed by atoms with Crippen LogP contribution in [0.3, 0.4) is 0 Å². The monoisotopic (exact) mass is 318 g/mol. The van der Waals surface area contributed by atoms with Gasteiger partial charge in [0.05, 0.1) is 6.54 Å². The number of carbonyl (C=O) groups is 1. The zero-order valence-corrected chi connectivity index (χ0v) is 12.2. The van der Waals surface area contributed by atoms with E-state index in [1.165, 1.54) is 0 Å². The number of anilines is 1. The van der Waals surface area contributed by atoms with Crippen LogP contribution in [-0.2, 0) is 4.79 Å². The third-order valence-electron chi connectivity index (χ3n) is 2.87. The van der Waals surface area contributed by atoms with E-state index in [4.69, 9.17) is 5.73 Å². The number of halogens is 1. The lowest BCUT2D eigenvalue weighted by Gasteiger charge is -2.21. The van der Waals surface area contributed by atoms with E-state index >= 15 is 0 Å². The molecule has 98 valence electrons. The van der Waals surface area contributed by atoms with Crippen LogP contribution in [0.4, 0.5) is 5.69 Å². The number of benzene rings is 2. The standard InChI is InChI=1S/C15H15BrN2O/c1-18(10-15(17)19)14-9-5-3-7-12(14)11-6-2-4-8-13(11)16/h2-9H,10H2,1H3,(H2,17,19). The number of carbonyl (C=O) groups excluding carboxylic acids is 1. The van der Waals surface area contributed by atoms with Crippen LogP contribution in [0.2, 0.25) is 0 Å². The topological polar surface area (TPSA) is 46.3 Å². The van der Waals surface area contributed by atoms with E-state index in [-0.39, 0.29) is 12.5 Å². The van der Waals surface area contributed by atoms with Gasteiger partial charge in [0.1, 0.15) is 0 Å².